The number of carboxylic acids is 1. The molecule has 0 atom stereocenters. The molecule has 0 aliphatic heterocycles. The van der Waals surface area contributed by atoms with Crippen molar-refractivity contribution < 1.29 is 29.3 Å². The van der Waals surface area contributed by atoms with Gasteiger partial charge < -0.3 is 24.7 Å². The van der Waals surface area contributed by atoms with E-state index in [1.54, 1.807) is 24.3 Å². The Balaban J connectivity index is 1.72. The molecule has 0 unspecified atom stereocenters. The molecule has 0 radical (unpaired) electrons. The summed E-state index contributed by atoms with van der Waals surface area (Å²) < 4.78 is 11.9. The number of phenols is 1. The number of Topliss-reactive ketones (excluding diaryl/α,β-unsaturated/α-hetero) is 1. The SMILES string of the molecule is CCCc1c(OCCCOc2ccc3c(=O)cc(C(=O)O)[nH]c3c2CCC)ccc(C(C)=O)c1O. The van der Waals surface area contributed by atoms with Gasteiger partial charge in [0.25, 0.3) is 0 Å². The number of aryl methyl sites for hydroxylation is 1. The number of carbonyl (C=O) groups excluding carboxylic acids is 1. The van der Waals surface area contributed by atoms with E-state index in [1.807, 2.05) is 13.8 Å². The maximum Gasteiger partial charge on any atom is 0.352 e. The van der Waals surface area contributed by atoms with Crippen LogP contribution in [0.2, 0.25) is 0 Å². The Labute approximate surface area is 203 Å². The summed E-state index contributed by atoms with van der Waals surface area (Å²) in [5, 5.41) is 20.2. The van der Waals surface area contributed by atoms with Crippen LogP contribution in [-0.2, 0) is 12.8 Å². The third-order valence-corrected chi connectivity index (χ3v) is 5.72. The number of ether oxygens (including phenoxy) is 2. The molecule has 3 N–H and O–H groups in total. The Morgan fingerprint density at radius 1 is 0.943 bits per heavy atom. The Morgan fingerprint density at radius 3 is 2.14 bits per heavy atom. The second-order valence-corrected chi connectivity index (χ2v) is 8.36. The molecule has 0 bridgehead atoms. The lowest BCUT2D eigenvalue weighted by molar-refractivity contribution is 0.0690. The van der Waals surface area contributed by atoms with E-state index in [9.17, 15) is 24.6 Å². The monoisotopic (exact) mass is 481 g/mol. The van der Waals surface area contributed by atoms with Gasteiger partial charge in [-0.25, -0.2) is 4.79 Å². The number of carbonyl (C=O) groups is 2. The second kappa shape index (κ2) is 11.6. The minimum absolute atomic E-state index is 0.0248. The first kappa shape index (κ1) is 25.8. The van der Waals surface area contributed by atoms with Gasteiger partial charge in [0.1, 0.15) is 22.9 Å². The number of aromatic carboxylic acids is 1. The van der Waals surface area contributed by atoms with Crippen LogP contribution in [0.15, 0.2) is 35.1 Å². The van der Waals surface area contributed by atoms with Crippen molar-refractivity contribution in [2.75, 3.05) is 13.2 Å². The van der Waals surface area contributed by atoms with Crippen LogP contribution < -0.4 is 14.9 Å². The van der Waals surface area contributed by atoms with Crippen molar-refractivity contribution in [1.82, 2.24) is 4.98 Å². The fourth-order valence-electron chi connectivity index (χ4n) is 4.06. The lowest BCUT2D eigenvalue weighted by atomic mass is 10.0. The molecule has 8 nitrogen and oxygen atoms in total. The lowest BCUT2D eigenvalue weighted by Crippen LogP contribution is -2.12. The maximum absolute atomic E-state index is 12.4. The van der Waals surface area contributed by atoms with Crippen molar-refractivity contribution in [3.8, 4) is 17.2 Å². The number of nitrogens with one attached hydrogen (secondary N) is 1. The Hall–Kier alpha value is -3.81. The first-order chi connectivity index (χ1) is 16.8. The molecule has 1 heterocycles. The summed E-state index contributed by atoms with van der Waals surface area (Å²) in [6.07, 6.45) is 3.34. The summed E-state index contributed by atoms with van der Waals surface area (Å²) in [5.41, 5.74) is 1.65. The molecule has 186 valence electrons. The number of benzene rings is 2. The van der Waals surface area contributed by atoms with Gasteiger partial charge in [-0.3, -0.25) is 9.59 Å². The van der Waals surface area contributed by atoms with Crippen molar-refractivity contribution in [2.24, 2.45) is 0 Å². The van der Waals surface area contributed by atoms with Crippen LogP contribution in [0.3, 0.4) is 0 Å². The molecule has 0 saturated carbocycles. The summed E-state index contributed by atoms with van der Waals surface area (Å²) in [5.74, 6) is -0.281. The number of pyridine rings is 1. The van der Waals surface area contributed by atoms with Crippen molar-refractivity contribution in [1.29, 1.82) is 0 Å². The smallest absolute Gasteiger partial charge is 0.352 e. The molecule has 3 rings (SSSR count). The molecule has 0 aliphatic carbocycles. The number of phenolic OH excluding ortho intramolecular Hbond substituents is 1. The van der Waals surface area contributed by atoms with E-state index in [1.165, 1.54) is 6.92 Å². The molecule has 0 fully saturated rings. The van der Waals surface area contributed by atoms with Crippen LogP contribution >= 0.6 is 0 Å². The van der Waals surface area contributed by atoms with Gasteiger partial charge in [-0.1, -0.05) is 26.7 Å². The molecule has 0 spiro atoms. The van der Waals surface area contributed by atoms with Crippen LogP contribution in [0.25, 0.3) is 10.9 Å². The topological polar surface area (TPSA) is 126 Å². The Morgan fingerprint density at radius 2 is 1.54 bits per heavy atom. The minimum Gasteiger partial charge on any atom is -0.507 e. The van der Waals surface area contributed by atoms with Gasteiger partial charge in [0.05, 0.1) is 24.3 Å². The fraction of sp³-hybridized carbons (Fsp3) is 0.370. The number of H-pyrrole nitrogens is 1. The largest absolute Gasteiger partial charge is 0.507 e. The molecular weight excluding hydrogens is 450 g/mol. The molecular formula is C27H31NO7. The zero-order valence-corrected chi connectivity index (χ0v) is 20.3. The maximum atomic E-state index is 12.4. The molecule has 35 heavy (non-hydrogen) atoms. The number of hydrogen-bond acceptors (Lipinski definition) is 6. The number of fused-ring (bicyclic) bond motifs is 1. The summed E-state index contributed by atoms with van der Waals surface area (Å²) in [6, 6.07) is 7.75. The average Bonchev–Trinajstić information content (AvgIpc) is 2.81. The van der Waals surface area contributed by atoms with E-state index in [-0.39, 0.29) is 28.2 Å². The molecule has 3 aromatic rings. The number of rotatable bonds is 12. The van der Waals surface area contributed by atoms with E-state index in [4.69, 9.17) is 9.47 Å². The van der Waals surface area contributed by atoms with Crippen LogP contribution in [0.5, 0.6) is 17.2 Å². The summed E-state index contributed by atoms with van der Waals surface area (Å²) in [7, 11) is 0. The summed E-state index contributed by atoms with van der Waals surface area (Å²) in [4.78, 5) is 38.4. The number of aromatic nitrogens is 1. The van der Waals surface area contributed by atoms with Crippen LogP contribution in [-0.4, -0.2) is 40.2 Å². The first-order valence-corrected chi connectivity index (χ1v) is 11.8. The zero-order chi connectivity index (χ0) is 25.5. The number of aromatic amines is 1. The highest BCUT2D eigenvalue weighted by atomic mass is 16.5. The highest BCUT2D eigenvalue weighted by Gasteiger charge is 2.17. The minimum atomic E-state index is -1.19. The van der Waals surface area contributed by atoms with E-state index in [2.05, 4.69) is 4.98 Å². The van der Waals surface area contributed by atoms with Gasteiger partial charge in [0.2, 0.25) is 0 Å². The standard InChI is InChI=1S/C27H31NO7/c1-4-7-19-23(12-10-18-22(30)15-21(27(32)33)28-25(18)19)34-13-6-14-35-24-11-9-17(16(3)29)26(31)20(24)8-5-2/h9-12,15,31H,4-8,13-14H2,1-3H3,(H,28,30)(H,32,33). The quantitative estimate of drug-likeness (QED) is 0.248. The van der Waals surface area contributed by atoms with Crippen molar-refractivity contribution in [2.45, 2.75) is 52.9 Å². The van der Waals surface area contributed by atoms with E-state index >= 15 is 0 Å². The molecule has 1 aromatic heterocycles. The molecule has 0 aliphatic rings. The van der Waals surface area contributed by atoms with E-state index < -0.39 is 5.97 Å². The van der Waals surface area contributed by atoms with Gasteiger partial charge in [0.15, 0.2) is 11.2 Å². The van der Waals surface area contributed by atoms with Gasteiger partial charge in [0, 0.05) is 29.0 Å². The highest BCUT2D eigenvalue weighted by molar-refractivity contribution is 5.97. The number of ketones is 1. The molecule has 8 heteroatoms. The average molecular weight is 482 g/mol. The lowest BCUT2D eigenvalue weighted by Gasteiger charge is -2.16. The van der Waals surface area contributed by atoms with E-state index in [0.29, 0.717) is 60.4 Å². The molecule has 0 saturated heterocycles. The van der Waals surface area contributed by atoms with Crippen molar-refractivity contribution >= 4 is 22.7 Å². The first-order valence-electron chi connectivity index (χ1n) is 11.8. The van der Waals surface area contributed by atoms with Gasteiger partial charge in [-0.15, -0.1) is 0 Å². The van der Waals surface area contributed by atoms with Crippen LogP contribution in [0, 0.1) is 0 Å². The van der Waals surface area contributed by atoms with Gasteiger partial charge >= 0.3 is 5.97 Å². The Bertz CT molecular complexity index is 1290. The van der Waals surface area contributed by atoms with Crippen LogP contribution in [0.1, 0.15) is 72.0 Å². The third-order valence-electron chi connectivity index (χ3n) is 5.72. The number of carboxylic acid groups (broad SMARTS) is 1. The van der Waals surface area contributed by atoms with Gasteiger partial charge in [-0.05, 0) is 44.0 Å². The zero-order valence-electron chi connectivity index (χ0n) is 20.3. The molecule has 0 amide bonds. The number of aromatic hydroxyl groups is 1. The number of hydrogen-bond donors (Lipinski definition) is 3. The third kappa shape index (κ3) is 5.82. The fourth-order valence-corrected chi connectivity index (χ4v) is 4.06. The van der Waals surface area contributed by atoms with Crippen molar-refractivity contribution in [3.05, 3.63) is 62.9 Å². The highest BCUT2D eigenvalue weighted by Crippen LogP contribution is 2.33. The Kier molecular flexibility index (Phi) is 8.52. The molecule has 2 aromatic carbocycles. The summed E-state index contributed by atoms with van der Waals surface area (Å²) >= 11 is 0. The summed E-state index contributed by atoms with van der Waals surface area (Å²) in [6.45, 7) is 6.08. The predicted molar refractivity (Wildman–Crippen MR) is 133 cm³/mol. The van der Waals surface area contributed by atoms with Crippen LogP contribution in [0.4, 0.5) is 0 Å². The van der Waals surface area contributed by atoms with E-state index in [0.717, 1.165) is 24.5 Å². The van der Waals surface area contributed by atoms with Crippen molar-refractivity contribution in [3.63, 3.8) is 0 Å². The second-order valence-electron chi connectivity index (χ2n) is 8.36. The predicted octanol–water partition coefficient (Wildman–Crippen LogP) is 4.89. The normalized spacial score (nSPS) is 10.9. The van der Waals surface area contributed by atoms with Gasteiger partial charge in [-0.2, -0.15) is 0 Å².